The number of aromatic amines is 1. The van der Waals surface area contributed by atoms with Crippen LogP contribution in [0.3, 0.4) is 0 Å². The van der Waals surface area contributed by atoms with Crippen molar-refractivity contribution >= 4 is 5.91 Å². The molecule has 0 fully saturated rings. The molecule has 1 atom stereocenters. The molecule has 1 amide bonds. The Balaban J connectivity index is 2.10. The van der Waals surface area contributed by atoms with Gasteiger partial charge in [-0.05, 0) is 24.2 Å². The smallest absolute Gasteiger partial charge is 0.220 e. The Hall–Kier alpha value is -1.32. The summed E-state index contributed by atoms with van der Waals surface area (Å²) >= 11 is 0. The molecule has 0 aromatic carbocycles. The van der Waals surface area contributed by atoms with Gasteiger partial charge in [-0.3, -0.25) is 4.79 Å². The molecule has 1 rings (SSSR count). The Morgan fingerprint density at radius 2 is 2.21 bits per heavy atom. The zero-order valence-electron chi connectivity index (χ0n) is 12.6. The molecule has 0 radical (unpaired) electrons. The number of hydrogen-bond acceptors (Lipinski definition) is 2. The van der Waals surface area contributed by atoms with Gasteiger partial charge in [0, 0.05) is 31.8 Å². The number of aryl methyl sites for hydroxylation is 1. The predicted octanol–water partition coefficient (Wildman–Crippen LogP) is 2.92. The second-order valence-electron chi connectivity index (χ2n) is 6.56. The Labute approximate surface area is 116 Å². The van der Waals surface area contributed by atoms with Gasteiger partial charge in [0.25, 0.3) is 0 Å². The van der Waals surface area contributed by atoms with E-state index < -0.39 is 0 Å². The topological polar surface area (TPSA) is 57.8 Å². The van der Waals surface area contributed by atoms with Crippen LogP contribution in [0.4, 0.5) is 0 Å². The van der Waals surface area contributed by atoms with Crippen LogP contribution >= 0.6 is 0 Å². The maximum Gasteiger partial charge on any atom is 0.220 e. The molecule has 0 aliphatic rings. The van der Waals surface area contributed by atoms with Crippen LogP contribution in [0.25, 0.3) is 0 Å². The molecule has 1 aromatic heterocycles. The fourth-order valence-corrected chi connectivity index (χ4v) is 2.42. The van der Waals surface area contributed by atoms with Crippen molar-refractivity contribution in [1.29, 1.82) is 0 Å². The number of rotatable bonds is 7. The van der Waals surface area contributed by atoms with Crippen molar-refractivity contribution in [2.24, 2.45) is 11.3 Å². The molecule has 0 saturated carbocycles. The summed E-state index contributed by atoms with van der Waals surface area (Å²) in [5, 5.41) is 2.98. The van der Waals surface area contributed by atoms with Gasteiger partial charge in [0.05, 0.1) is 0 Å². The van der Waals surface area contributed by atoms with E-state index in [0.29, 0.717) is 17.8 Å². The van der Waals surface area contributed by atoms with Gasteiger partial charge in [-0.1, -0.05) is 27.7 Å². The minimum Gasteiger partial charge on any atom is -0.356 e. The third-order valence-electron chi connectivity index (χ3n) is 2.96. The lowest BCUT2D eigenvalue weighted by Crippen LogP contribution is -2.27. The number of nitrogens with one attached hydrogen (secondary N) is 2. The van der Waals surface area contributed by atoms with E-state index in [1.807, 2.05) is 6.20 Å². The summed E-state index contributed by atoms with van der Waals surface area (Å²) in [4.78, 5) is 19.0. The molecule has 0 aliphatic heterocycles. The highest BCUT2D eigenvalue weighted by Crippen LogP contribution is 2.25. The summed E-state index contributed by atoms with van der Waals surface area (Å²) in [6.07, 6.45) is 7.08. The van der Waals surface area contributed by atoms with Crippen molar-refractivity contribution in [2.45, 2.75) is 53.4 Å². The van der Waals surface area contributed by atoms with E-state index >= 15 is 0 Å². The average molecular weight is 265 g/mol. The molecule has 1 aromatic rings. The summed E-state index contributed by atoms with van der Waals surface area (Å²) in [6, 6.07) is 0. The van der Waals surface area contributed by atoms with Crippen molar-refractivity contribution in [3.8, 4) is 0 Å². The van der Waals surface area contributed by atoms with E-state index in [1.54, 1.807) is 6.20 Å². The summed E-state index contributed by atoms with van der Waals surface area (Å²) in [6.45, 7) is 9.51. The largest absolute Gasteiger partial charge is 0.356 e. The number of carbonyl (C=O) groups excluding carboxylic acids is 1. The highest BCUT2D eigenvalue weighted by molar-refractivity contribution is 5.76. The molecule has 19 heavy (non-hydrogen) atoms. The van der Waals surface area contributed by atoms with Crippen LogP contribution in [-0.4, -0.2) is 22.4 Å². The van der Waals surface area contributed by atoms with Crippen LogP contribution in [0.2, 0.25) is 0 Å². The first kappa shape index (κ1) is 15.7. The van der Waals surface area contributed by atoms with Gasteiger partial charge in [-0.15, -0.1) is 0 Å². The Kier molecular flexibility index (Phi) is 6.06. The van der Waals surface area contributed by atoms with Crippen molar-refractivity contribution in [2.75, 3.05) is 6.54 Å². The zero-order chi connectivity index (χ0) is 14.3. The van der Waals surface area contributed by atoms with E-state index in [-0.39, 0.29) is 5.91 Å². The molecule has 1 unspecified atom stereocenters. The normalized spacial score (nSPS) is 13.3. The lowest BCUT2D eigenvalue weighted by molar-refractivity contribution is -0.122. The van der Waals surface area contributed by atoms with Gasteiger partial charge < -0.3 is 10.3 Å². The molecular weight excluding hydrogens is 238 g/mol. The van der Waals surface area contributed by atoms with Crippen LogP contribution in [0.15, 0.2) is 12.4 Å². The molecule has 2 N–H and O–H groups in total. The van der Waals surface area contributed by atoms with E-state index in [2.05, 4.69) is 43.0 Å². The maximum absolute atomic E-state index is 11.8. The number of hydrogen-bond donors (Lipinski definition) is 2. The molecule has 0 spiro atoms. The standard InChI is InChI=1S/C15H27N3O/c1-12(11-15(2,3)4)10-14(19)18-7-5-6-13-16-8-9-17-13/h8-9,12H,5-7,10-11H2,1-4H3,(H,16,17)(H,18,19). The molecular formula is C15H27N3O. The summed E-state index contributed by atoms with van der Waals surface area (Å²) in [7, 11) is 0. The highest BCUT2D eigenvalue weighted by Gasteiger charge is 2.17. The number of nitrogens with zero attached hydrogens (tertiary/aromatic N) is 1. The average Bonchev–Trinajstić information content (AvgIpc) is 2.74. The fourth-order valence-electron chi connectivity index (χ4n) is 2.42. The van der Waals surface area contributed by atoms with Crippen molar-refractivity contribution < 1.29 is 4.79 Å². The van der Waals surface area contributed by atoms with Gasteiger partial charge in [-0.2, -0.15) is 0 Å². The van der Waals surface area contributed by atoms with Crippen LogP contribution in [0.1, 0.15) is 52.8 Å². The Morgan fingerprint density at radius 3 is 2.79 bits per heavy atom. The summed E-state index contributed by atoms with van der Waals surface area (Å²) < 4.78 is 0. The van der Waals surface area contributed by atoms with Gasteiger partial charge in [0.15, 0.2) is 0 Å². The van der Waals surface area contributed by atoms with Crippen LogP contribution < -0.4 is 5.32 Å². The minimum absolute atomic E-state index is 0.163. The van der Waals surface area contributed by atoms with Gasteiger partial charge >= 0.3 is 0 Å². The fraction of sp³-hybridized carbons (Fsp3) is 0.733. The lowest BCUT2D eigenvalue weighted by atomic mass is 9.84. The van der Waals surface area contributed by atoms with Crippen molar-refractivity contribution in [1.82, 2.24) is 15.3 Å². The number of carbonyl (C=O) groups is 1. The summed E-state index contributed by atoms with van der Waals surface area (Å²) in [5.41, 5.74) is 0.291. The SMILES string of the molecule is CC(CC(=O)NCCCc1ncc[nH]1)CC(C)(C)C. The van der Waals surface area contributed by atoms with Gasteiger partial charge in [-0.25, -0.2) is 4.98 Å². The number of imidazole rings is 1. The molecule has 1 heterocycles. The molecule has 4 nitrogen and oxygen atoms in total. The molecule has 0 aliphatic carbocycles. The van der Waals surface area contributed by atoms with Crippen LogP contribution in [0, 0.1) is 11.3 Å². The van der Waals surface area contributed by atoms with Crippen LogP contribution in [0.5, 0.6) is 0 Å². The number of H-pyrrole nitrogens is 1. The number of amides is 1. The lowest BCUT2D eigenvalue weighted by Gasteiger charge is -2.22. The third kappa shape index (κ3) is 7.65. The number of aromatic nitrogens is 2. The first-order chi connectivity index (χ1) is 8.87. The highest BCUT2D eigenvalue weighted by atomic mass is 16.1. The second-order valence-corrected chi connectivity index (χ2v) is 6.56. The molecule has 4 heteroatoms. The molecule has 108 valence electrons. The van der Waals surface area contributed by atoms with E-state index in [4.69, 9.17) is 0 Å². The van der Waals surface area contributed by atoms with E-state index in [1.165, 1.54) is 0 Å². The first-order valence-corrected chi connectivity index (χ1v) is 7.12. The minimum atomic E-state index is 0.163. The summed E-state index contributed by atoms with van der Waals surface area (Å²) in [5.74, 6) is 1.58. The molecule has 0 saturated heterocycles. The first-order valence-electron chi connectivity index (χ1n) is 7.12. The Bertz CT molecular complexity index is 365. The van der Waals surface area contributed by atoms with E-state index in [0.717, 1.165) is 31.6 Å². The van der Waals surface area contributed by atoms with Crippen molar-refractivity contribution in [3.63, 3.8) is 0 Å². The Morgan fingerprint density at radius 1 is 1.47 bits per heavy atom. The predicted molar refractivity (Wildman–Crippen MR) is 77.8 cm³/mol. The monoisotopic (exact) mass is 265 g/mol. The van der Waals surface area contributed by atoms with Gasteiger partial charge in [0.1, 0.15) is 5.82 Å². The van der Waals surface area contributed by atoms with Gasteiger partial charge in [0.2, 0.25) is 5.91 Å². The quantitative estimate of drug-likeness (QED) is 0.745. The second kappa shape index (κ2) is 7.31. The third-order valence-corrected chi connectivity index (χ3v) is 2.96. The van der Waals surface area contributed by atoms with E-state index in [9.17, 15) is 4.79 Å². The molecule has 0 bridgehead atoms. The zero-order valence-corrected chi connectivity index (χ0v) is 12.6. The van der Waals surface area contributed by atoms with Crippen LogP contribution in [-0.2, 0) is 11.2 Å². The van der Waals surface area contributed by atoms with Crippen molar-refractivity contribution in [3.05, 3.63) is 18.2 Å². The maximum atomic E-state index is 11.8.